The lowest BCUT2D eigenvalue weighted by Crippen LogP contribution is -2.33. The minimum atomic E-state index is -0.558. The van der Waals surface area contributed by atoms with Gasteiger partial charge in [-0.1, -0.05) is 18.2 Å². The van der Waals surface area contributed by atoms with Crippen LogP contribution < -0.4 is 10.5 Å². The molecule has 1 saturated heterocycles. The number of hydrogen-bond acceptors (Lipinski definition) is 7. The van der Waals surface area contributed by atoms with E-state index in [2.05, 4.69) is 32.2 Å². The Balaban J connectivity index is 1.07. The molecular weight excluding hydrogens is 504 g/mol. The van der Waals surface area contributed by atoms with Crippen molar-refractivity contribution in [3.05, 3.63) is 83.9 Å². The Kier molecular flexibility index (Phi) is 5.50. The first-order valence-electron chi connectivity index (χ1n) is 13.4. The Morgan fingerprint density at radius 3 is 2.55 bits per heavy atom. The van der Waals surface area contributed by atoms with Gasteiger partial charge in [-0.25, -0.2) is 19.6 Å². The maximum Gasteiger partial charge on any atom is 0.257 e. The van der Waals surface area contributed by atoms with Crippen molar-refractivity contribution in [3.63, 3.8) is 0 Å². The SMILES string of the molecule is Cc1nn(-c2ncccn2)cc1C(=O)N1C[C@@H]2C(Oc3cc(C(C)(C)N)cc(-c4cc5ccccc5[nH]4)n3)[C@@H]2C1. The molecule has 7 rings (SSSR count). The number of aryl methyl sites for hydroxylation is 1. The Morgan fingerprint density at radius 1 is 1.07 bits per heavy atom. The Bertz CT molecular complexity index is 1690. The van der Waals surface area contributed by atoms with Crippen LogP contribution in [-0.2, 0) is 5.54 Å². The second-order valence-electron chi connectivity index (χ2n) is 11.3. The van der Waals surface area contributed by atoms with Crippen LogP contribution in [0.1, 0.15) is 35.5 Å². The van der Waals surface area contributed by atoms with E-state index in [1.54, 1.807) is 29.3 Å². The van der Waals surface area contributed by atoms with Crippen LogP contribution in [0, 0.1) is 18.8 Å². The fourth-order valence-electron chi connectivity index (χ4n) is 5.59. The summed E-state index contributed by atoms with van der Waals surface area (Å²) in [7, 11) is 0. The first-order valence-corrected chi connectivity index (χ1v) is 13.4. The standard InChI is InChI=1S/C30H30N8O2/c1-17-20(16-38(36-17)29-32-9-6-10-33-29)28(39)37-14-21-22(15-37)27(21)40-26-13-19(30(2,3)31)12-25(35-26)24-11-18-7-4-5-8-23(18)34-24/h4-13,16,21-22,27,34H,14-15,31H2,1-3H3/t21-,22+,27?. The third kappa shape index (κ3) is 4.30. The van der Waals surface area contributed by atoms with Crippen LogP contribution in [0.3, 0.4) is 0 Å². The first kappa shape index (κ1) is 24.5. The summed E-state index contributed by atoms with van der Waals surface area (Å²) in [5.74, 6) is 1.50. The second kappa shape index (κ2) is 8.99. The van der Waals surface area contributed by atoms with Gasteiger partial charge in [0.2, 0.25) is 11.8 Å². The highest BCUT2D eigenvalue weighted by Crippen LogP contribution is 2.48. The zero-order valence-electron chi connectivity index (χ0n) is 22.6. The van der Waals surface area contributed by atoms with Gasteiger partial charge in [0.1, 0.15) is 6.10 Å². The van der Waals surface area contributed by atoms with Crippen LogP contribution in [-0.4, -0.2) is 59.7 Å². The molecule has 1 aliphatic carbocycles. The van der Waals surface area contributed by atoms with Crippen LogP contribution >= 0.6 is 0 Å². The van der Waals surface area contributed by atoms with Crippen LogP contribution in [0.2, 0.25) is 0 Å². The molecule has 5 heterocycles. The van der Waals surface area contributed by atoms with Gasteiger partial charge >= 0.3 is 0 Å². The van der Waals surface area contributed by atoms with Crippen LogP contribution in [0.15, 0.2) is 67.1 Å². The summed E-state index contributed by atoms with van der Waals surface area (Å²) in [6.45, 7) is 7.06. The van der Waals surface area contributed by atoms with E-state index < -0.39 is 5.54 Å². The van der Waals surface area contributed by atoms with E-state index in [0.29, 0.717) is 36.2 Å². The van der Waals surface area contributed by atoms with Crippen molar-refractivity contribution in [1.82, 2.24) is 34.6 Å². The quantitative estimate of drug-likeness (QED) is 0.339. The summed E-state index contributed by atoms with van der Waals surface area (Å²) in [5.41, 5.74) is 10.9. The van der Waals surface area contributed by atoms with Gasteiger partial charge in [-0.05, 0) is 50.6 Å². The molecule has 2 fully saturated rings. The van der Waals surface area contributed by atoms with Crippen LogP contribution in [0.25, 0.3) is 28.2 Å². The fourth-order valence-corrected chi connectivity index (χ4v) is 5.59. The normalized spacial score (nSPS) is 20.1. The van der Waals surface area contributed by atoms with E-state index in [1.807, 2.05) is 56.0 Å². The van der Waals surface area contributed by atoms with Crippen molar-refractivity contribution in [1.29, 1.82) is 0 Å². The molecule has 3 N–H and O–H groups in total. The number of nitrogens with zero attached hydrogens (tertiary/aromatic N) is 6. The Labute approximate surface area is 231 Å². The van der Waals surface area contributed by atoms with E-state index in [1.165, 1.54) is 0 Å². The minimum absolute atomic E-state index is 0.0183. The molecule has 5 aromatic rings. The number of rotatable bonds is 6. The minimum Gasteiger partial charge on any atom is -0.474 e. The summed E-state index contributed by atoms with van der Waals surface area (Å²) in [4.78, 5) is 32.0. The lowest BCUT2D eigenvalue weighted by Gasteiger charge is -2.22. The number of nitrogens with two attached hydrogens (primary N) is 1. The number of aromatic nitrogens is 6. The van der Waals surface area contributed by atoms with E-state index in [0.717, 1.165) is 27.9 Å². The largest absolute Gasteiger partial charge is 0.474 e. The third-order valence-corrected chi connectivity index (χ3v) is 7.90. The molecule has 202 valence electrons. The summed E-state index contributed by atoms with van der Waals surface area (Å²) in [6, 6.07) is 15.9. The van der Waals surface area contributed by atoms with E-state index in [-0.39, 0.29) is 23.8 Å². The van der Waals surface area contributed by atoms with Crippen molar-refractivity contribution >= 4 is 16.8 Å². The molecule has 1 unspecified atom stereocenters. The highest BCUT2D eigenvalue weighted by atomic mass is 16.5. The van der Waals surface area contributed by atoms with Crippen LogP contribution in [0.5, 0.6) is 5.88 Å². The number of pyridine rings is 1. The summed E-state index contributed by atoms with van der Waals surface area (Å²) in [5, 5.41) is 5.57. The van der Waals surface area contributed by atoms with Crippen molar-refractivity contribution in [2.75, 3.05) is 13.1 Å². The molecule has 1 saturated carbocycles. The summed E-state index contributed by atoms with van der Waals surface area (Å²) in [6.07, 6.45) is 5.03. The predicted molar refractivity (Wildman–Crippen MR) is 150 cm³/mol. The Hall–Kier alpha value is -4.57. The van der Waals surface area contributed by atoms with Gasteiger partial charge in [0.05, 0.1) is 22.6 Å². The number of fused-ring (bicyclic) bond motifs is 2. The van der Waals surface area contributed by atoms with Gasteiger partial charge < -0.3 is 20.4 Å². The summed E-state index contributed by atoms with van der Waals surface area (Å²) < 4.78 is 7.98. The number of aromatic amines is 1. The van der Waals surface area contributed by atoms with Gasteiger partial charge in [0.15, 0.2) is 0 Å². The average molecular weight is 535 g/mol. The predicted octanol–water partition coefficient (Wildman–Crippen LogP) is 3.86. The molecule has 10 heteroatoms. The van der Waals surface area contributed by atoms with Gasteiger partial charge in [0, 0.05) is 66.0 Å². The van der Waals surface area contributed by atoms with Gasteiger partial charge in [-0.15, -0.1) is 0 Å². The van der Waals surface area contributed by atoms with E-state index >= 15 is 0 Å². The van der Waals surface area contributed by atoms with Crippen molar-refractivity contribution in [2.45, 2.75) is 32.4 Å². The smallest absolute Gasteiger partial charge is 0.257 e. The zero-order valence-corrected chi connectivity index (χ0v) is 22.6. The summed E-state index contributed by atoms with van der Waals surface area (Å²) >= 11 is 0. The molecule has 10 nitrogen and oxygen atoms in total. The number of carbonyl (C=O) groups is 1. The molecule has 1 amide bonds. The lowest BCUT2D eigenvalue weighted by molar-refractivity contribution is 0.0751. The Morgan fingerprint density at radius 2 is 1.82 bits per heavy atom. The number of amides is 1. The molecular formula is C30H30N8O2. The van der Waals surface area contributed by atoms with Gasteiger partial charge in [-0.2, -0.15) is 5.10 Å². The molecule has 40 heavy (non-hydrogen) atoms. The molecule has 0 radical (unpaired) electrons. The lowest BCUT2D eigenvalue weighted by atomic mass is 9.95. The topological polar surface area (TPSA) is 128 Å². The number of piperidine rings is 1. The maximum absolute atomic E-state index is 13.3. The molecule has 1 aromatic carbocycles. The fraction of sp³-hybridized carbons (Fsp3) is 0.300. The monoisotopic (exact) mass is 534 g/mol. The first-order chi connectivity index (χ1) is 19.2. The van der Waals surface area contributed by atoms with E-state index in [9.17, 15) is 4.79 Å². The molecule has 3 atom stereocenters. The third-order valence-electron chi connectivity index (χ3n) is 7.90. The maximum atomic E-state index is 13.3. The number of carbonyl (C=O) groups excluding carboxylic acids is 1. The van der Waals surface area contributed by atoms with Gasteiger partial charge in [0.25, 0.3) is 5.91 Å². The second-order valence-corrected chi connectivity index (χ2v) is 11.3. The number of ether oxygens (including phenoxy) is 1. The number of H-pyrrole nitrogens is 1. The van der Waals surface area contributed by atoms with Crippen LogP contribution in [0.4, 0.5) is 0 Å². The number of para-hydroxylation sites is 1. The molecule has 0 spiro atoms. The van der Waals surface area contributed by atoms with Crippen molar-refractivity contribution < 1.29 is 9.53 Å². The molecule has 1 aliphatic heterocycles. The van der Waals surface area contributed by atoms with Gasteiger partial charge in [-0.3, -0.25) is 4.79 Å². The number of likely N-dealkylation sites (tertiary alicyclic amines) is 1. The molecule has 2 aliphatic rings. The number of hydrogen-bond donors (Lipinski definition) is 2. The number of nitrogens with one attached hydrogen (secondary N) is 1. The zero-order chi connectivity index (χ0) is 27.6. The van der Waals surface area contributed by atoms with Crippen molar-refractivity contribution in [3.8, 4) is 23.2 Å². The highest BCUT2D eigenvalue weighted by molar-refractivity contribution is 5.95. The number of benzene rings is 1. The van der Waals surface area contributed by atoms with Crippen molar-refractivity contribution in [2.24, 2.45) is 17.6 Å². The molecule has 4 aromatic heterocycles. The average Bonchev–Trinajstić information content (AvgIpc) is 3.39. The van der Waals surface area contributed by atoms with E-state index in [4.69, 9.17) is 15.5 Å². The highest BCUT2D eigenvalue weighted by Gasteiger charge is 2.59. The molecule has 0 bridgehead atoms.